The number of hydrogen-bond acceptors (Lipinski definition) is 4. The standard InChI is InChI=1S/C21H29N3OS/c1-4-23-10-12-24(13-11-23)20(19-9-6-14-26-19)17(3)22-21(25)18-8-5-7-16(2)15-18/h5-9,14-15,17,20H,4,10-13H2,1-3H3,(H,22,25)/t17-,20+/m1/s1. The summed E-state index contributed by atoms with van der Waals surface area (Å²) >= 11 is 1.78. The lowest BCUT2D eigenvalue weighted by molar-refractivity contribution is 0.0753. The van der Waals surface area contributed by atoms with Crippen LogP contribution in [0.4, 0.5) is 0 Å². The van der Waals surface area contributed by atoms with Crippen molar-refractivity contribution in [3.05, 3.63) is 57.8 Å². The van der Waals surface area contributed by atoms with Crippen LogP contribution in [0.5, 0.6) is 0 Å². The molecule has 3 rings (SSSR count). The van der Waals surface area contributed by atoms with Crippen LogP contribution in [-0.4, -0.2) is 54.5 Å². The molecule has 4 nitrogen and oxygen atoms in total. The number of carbonyl (C=O) groups excluding carboxylic acids is 1. The van der Waals surface area contributed by atoms with E-state index in [1.165, 1.54) is 4.88 Å². The van der Waals surface area contributed by atoms with Gasteiger partial charge in [-0.2, -0.15) is 0 Å². The van der Waals surface area contributed by atoms with Crippen LogP contribution in [0, 0.1) is 6.92 Å². The molecule has 0 unspecified atom stereocenters. The first-order chi connectivity index (χ1) is 12.6. The molecule has 1 aliphatic rings. The van der Waals surface area contributed by atoms with Crippen molar-refractivity contribution in [2.45, 2.75) is 32.9 Å². The van der Waals surface area contributed by atoms with Gasteiger partial charge in [-0.1, -0.05) is 30.7 Å². The minimum atomic E-state index is 0.00921. The van der Waals surface area contributed by atoms with Crippen molar-refractivity contribution in [3.63, 3.8) is 0 Å². The highest BCUT2D eigenvalue weighted by molar-refractivity contribution is 7.10. The Morgan fingerprint density at radius 2 is 1.96 bits per heavy atom. The molecule has 1 aromatic carbocycles. The molecular formula is C21H29N3OS. The summed E-state index contributed by atoms with van der Waals surface area (Å²) in [6.45, 7) is 11.7. The van der Waals surface area contributed by atoms with E-state index in [9.17, 15) is 4.79 Å². The highest BCUT2D eigenvalue weighted by Crippen LogP contribution is 2.29. The molecule has 1 aromatic heterocycles. The van der Waals surface area contributed by atoms with Gasteiger partial charge in [-0.25, -0.2) is 0 Å². The third kappa shape index (κ3) is 4.53. The molecule has 26 heavy (non-hydrogen) atoms. The Morgan fingerprint density at radius 1 is 1.19 bits per heavy atom. The molecule has 5 heteroatoms. The fourth-order valence-corrected chi connectivity index (χ4v) is 4.68. The van der Waals surface area contributed by atoms with Gasteiger partial charge in [-0.3, -0.25) is 9.69 Å². The number of aryl methyl sites for hydroxylation is 1. The second-order valence-electron chi connectivity index (χ2n) is 7.06. The third-order valence-electron chi connectivity index (χ3n) is 5.19. The number of piperazine rings is 1. The van der Waals surface area contributed by atoms with Crippen LogP contribution in [0.1, 0.15) is 40.7 Å². The maximum absolute atomic E-state index is 12.7. The summed E-state index contributed by atoms with van der Waals surface area (Å²) in [6, 6.07) is 12.4. The lowest BCUT2D eigenvalue weighted by Gasteiger charge is -2.41. The van der Waals surface area contributed by atoms with E-state index in [-0.39, 0.29) is 18.0 Å². The van der Waals surface area contributed by atoms with Gasteiger partial charge in [-0.15, -0.1) is 11.3 Å². The Kier molecular flexibility index (Phi) is 6.46. The Hall–Kier alpha value is -1.69. The first-order valence-electron chi connectivity index (χ1n) is 9.46. The molecule has 140 valence electrons. The summed E-state index contributed by atoms with van der Waals surface area (Å²) in [5.74, 6) is 0.00921. The van der Waals surface area contributed by atoms with Gasteiger partial charge in [0.25, 0.3) is 5.91 Å². The maximum Gasteiger partial charge on any atom is 0.251 e. The molecule has 2 atom stereocenters. The van der Waals surface area contributed by atoms with Crippen LogP contribution in [0.2, 0.25) is 0 Å². The number of likely N-dealkylation sites (N-methyl/N-ethyl adjacent to an activating group) is 1. The molecule has 1 N–H and O–H groups in total. The molecule has 0 bridgehead atoms. The molecule has 0 saturated carbocycles. The van der Waals surface area contributed by atoms with Crippen molar-refractivity contribution in [1.82, 2.24) is 15.1 Å². The number of carbonyl (C=O) groups is 1. The predicted molar refractivity (Wildman–Crippen MR) is 109 cm³/mol. The summed E-state index contributed by atoms with van der Waals surface area (Å²) in [7, 11) is 0. The first kappa shape index (κ1) is 19.1. The van der Waals surface area contributed by atoms with E-state index < -0.39 is 0 Å². The van der Waals surface area contributed by atoms with E-state index in [0.29, 0.717) is 0 Å². The number of nitrogens with one attached hydrogen (secondary N) is 1. The Morgan fingerprint density at radius 3 is 2.58 bits per heavy atom. The van der Waals surface area contributed by atoms with Crippen LogP contribution in [0.15, 0.2) is 41.8 Å². The fraction of sp³-hybridized carbons (Fsp3) is 0.476. The molecule has 0 spiro atoms. The zero-order valence-corrected chi connectivity index (χ0v) is 16.8. The van der Waals surface area contributed by atoms with Crippen LogP contribution >= 0.6 is 11.3 Å². The molecule has 1 amide bonds. The van der Waals surface area contributed by atoms with Crippen molar-refractivity contribution >= 4 is 17.2 Å². The van der Waals surface area contributed by atoms with Gasteiger partial charge in [-0.05, 0) is 44.0 Å². The molecule has 2 aromatic rings. The summed E-state index contributed by atoms with van der Waals surface area (Å²) < 4.78 is 0. The van der Waals surface area contributed by atoms with Gasteiger partial charge in [0.05, 0.1) is 6.04 Å². The normalized spacial score (nSPS) is 18.4. The van der Waals surface area contributed by atoms with Gasteiger partial charge in [0.15, 0.2) is 0 Å². The van der Waals surface area contributed by atoms with Gasteiger partial charge in [0.1, 0.15) is 0 Å². The number of thiophene rings is 1. The zero-order chi connectivity index (χ0) is 18.5. The van der Waals surface area contributed by atoms with Gasteiger partial charge < -0.3 is 10.2 Å². The van der Waals surface area contributed by atoms with Crippen molar-refractivity contribution in [3.8, 4) is 0 Å². The Balaban J connectivity index is 1.73. The van der Waals surface area contributed by atoms with Crippen molar-refractivity contribution < 1.29 is 4.79 Å². The van der Waals surface area contributed by atoms with Crippen LogP contribution in [0.25, 0.3) is 0 Å². The molecule has 1 fully saturated rings. The predicted octanol–water partition coefficient (Wildman–Crippen LogP) is 3.55. The fourth-order valence-electron chi connectivity index (χ4n) is 3.72. The quantitative estimate of drug-likeness (QED) is 0.843. The molecule has 0 aliphatic carbocycles. The largest absolute Gasteiger partial charge is 0.348 e. The Bertz CT molecular complexity index is 708. The first-order valence-corrected chi connectivity index (χ1v) is 10.3. The third-order valence-corrected chi connectivity index (χ3v) is 6.14. The molecule has 0 radical (unpaired) electrons. The second-order valence-corrected chi connectivity index (χ2v) is 8.04. The molecular weight excluding hydrogens is 342 g/mol. The van der Waals surface area contributed by atoms with Gasteiger partial charge in [0, 0.05) is 42.7 Å². The van der Waals surface area contributed by atoms with Crippen molar-refractivity contribution in [1.29, 1.82) is 0 Å². The van der Waals surface area contributed by atoms with Crippen molar-refractivity contribution in [2.75, 3.05) is 32.7 Å². The zero-order valence-electron chi connectivity index (χ0n) is 15.9. The van der Waals surface area contributed by atoms with Gasteiger partial charge >= 0.3 is 0 Å². The smallest absolute Gasteiger partial charge is 0.251 e. The van der Waals surface area contributed by atoms with E-state index in [1.54, 1.807) is 11.3 Å². The lowest BCUT2D eigenvalue weighted by atomic mass is 10.0. The van der Waals surface area contributed by atoms with Crippen LogP contribution in [0.3, 0.4) is 0 Å². The minimum Gasteiger partial charge on any atom is -0.348 e. The highest BCUT2D eigenvalue weighted by Gasteiger charge is 2.30. The summed E-state index contributed by atoms with van der Waals surface area (Å²) in [4.78, 5) is 19.1. The summed E-state index contributed by atoms with van der Waals surface area (Å²) in [5.41, 5.74) is 1.84. The average molecular weight is 372 g/mol. The SMILES string of the molecule is CCN1CCN([C@H](c2cccs2)[C@@H](C)NC(=O)c2cccc(C)c2)CC1. The summed E-state index contributed by atoms with van der Waals surface area (Å²) in [5, 5.41) is 5.37. The number of nitrogens with zero attached hydrogens (tertiary/aromatic N) is 2. The van der Waals surface area contributed by atoms with E-state index >= 15 is 0 Å². The number of benzene rings is 1. The molecule has 1 saturated heterocycles. The maximum atomic E-state index is 12.7. The lowest BCUT2D eigenvalue weighted by Crippen LogP contribution is -2.52. The van der Waals surface area contributed by atoms with Crippen LogP contribution < -0.4 is 5.32 Å². The second kappa shape index (κ2) is 8.80. The Labute approximate surface area is 160 Å². The highest BCUT2D eigenvalue weighted by atomic mass is 32.1. The van der Waals surface area contributed by atoms with Gasteiger partial charge in [0.2, 0.25) is 0 Å². The van der Waals surface area contributed by atoms with Crippen LogP contribution in [-0.2, 0) is 0 Å². The summed E-state index contributed by atoms with van der Waals surface area (Å²) in [6.07, 6.45) is 0. The van der Waals surface area contributed by atoms with E-state index in [2.05, 4.69) is 46.5 Å². The number of hydrogen-bond donors (Lipinski definition) is 1. The van der Waals surface area contributed by atoms with Crippen molar-refractivity contribution in [2.24, 2.45) is 0 Å². The number of rotatable bonds is 6. The monoisotopic (exact) mass is 371 g/mol. The van der Waals surface area contributed by atoms with E-state index in [4.69, 9.17) is 0 Å². The topological polar surface area (TPSA) is 35.6 Å². The molecule has 1 aliphatic heterocycles. The number of amides is 1. The average Bonchev–Trinajstić information content (AvgIpc) is 3.16. The van der Waals surface area contributed by atoms with E-state index in [0.717, 1.165) is 43.9 Å². The minimum absolute atomic E-state index is 0.00921. The molecule has 2 heterocycles. The van der Waals surface area contributed by atoms with E-state index in [1.807, 2.05) is 31.2 Å².